The maximum absolute atomic E-state index is 13.8. The van der Waals surface area contributed by atoms with Gasteiger partial charge in [-0.25, -0.2) is 9.40 Å². The van der Waals surface area contributed by atoms with E-state index in [1.807, 2.05) is 18.2 Å². The quantitative estimate of drug-likeness (QED) is 0.354. The molecular formula is C29H29ClFN3O5. The molecule has 0 unspecified atom stereocenters. The Labute approximate surface area is 231 Å². The van der Waals surface area contributed by atoms with Crippen LogP contribution in [-0.4, -0.2) is 68.5 Å². The van der Waals surface area contributed by atoms with Crippen molar-refractivity contribution in [2.24, 2.45) is 5.10 Å². The molecule has 0 spiro atoms. The van der Waals surface area contributed by atoms with Gasteiger partial charge in [0, 0.05) is 41.8 Å². The lowest BCUT2D eigenvalue weighted by Crippen LogP contribution is -2.42. The molecule has 39 heavy (non-hydrogen) atoms. The Morgan fingerprint density at radius 1 is 1.05 bits per heavy atom. The van der Waals surface area contributed by atoms with Gasteiger partial charge in [-0.3, -0.25) is 9.59 Å². The van der Waals surface area contributed by atoms with Crippen molar-refractivity contribution in [2.45, 2.75) is 12.5 Å². The molecule has 10 heteroatoms. The lowest BCUT2D eigenvalue weighted by atomic mass is 9.97. The second kappa shape index (κ2) is 12.7. The van der Waals surface area contributed by atoms with Crippen LogP contribution in [0.1, 0.15) is 33.9 Å². The van der Waals surface area contributed by atoms with Crippen LogP contribution in [-0.2, 0) is 9.53 Å². The summed E-state index contributed by atoms with van der Waals surface area (Å²) in [6.45, 7) is 0.00998. The minimum absolute atomic E-state index is 0.125. The van der Waals surface area contributed by atoms with Gasteiger partial charge in [-0.1, -0.05) is 35.9 Å². The summed E-state index contributed by atoms with van der Waals surface area (Å²) in [5, 5.41) is 6.54. The topological polar surface area (TPSA) is 80.7 Å². The molecule has 0 radical (unpaired) electrons. The van der Waals surface area contributed by atoms with Crippen molar-refractivity contribution >= 4 is 29.1 Å². The summed E-state index contributed by atoms with van der Waals surface area (Å²) in [6, 6.07) is 17.4. The summed E-state index contributed by atoms with van der Waals surface area (Å²) in [7, 11) is 4.60. The van der Waals surface area contributed by atoms with Crippen LogP contribution in [0.2, 0.25) is 5.02 Å². The fraction of sp³-hybridized carbons (Fsp3) is 0.276. The Kier molecular flexibility index (Phi) is 9.16. The molecule has 3 aromatic rings. The SMILES string of the molecule is COCCN(CC(=O)N1N=C(c2ccccc2Cl)C[C@@H]1c1cc(OC)ccc1OC)C(=O)c1cccc(F)c1. The number of halogens is 2. The largest absolute Gasteiger partial charge is 0.497 e. The normalized spacial score (nSPS) is 14.6. The van der Waals surface area contributed by atoms with Gasteiger partial charge in [0.05, 0.1) is 32.6 Å². The van der Waals surface area contributed by atoms with Crippen molar-refractivity contribution in [1.29, 1.82) is 0 Å². The molecule has 0 N–H and O–H groups in total. The molecule has 0 saturated carbocycles. The van der Waals surface area contributed by atoms with Gasteiger partial charge >= 0.3 is 0 Å². The first-order valence-corrected chi connectivity index (χ1v) is 12.6. The van der Waals surface area contributed by atoms with E-state index < -0.39 is 23.7 Å². The molecule has 4 rings (SSSR count). The number of hydrogen-bond acceptors (Lipinski definition) is 6. The third-order valence-corrected chi connectivity index (χ3v) is 6.73. The zero-order valence-electron chi connectivity index (χ0n) is 21.9. The van der Waals surface area contributed by atoms with Crippen molar-refractivity contribution in [3.8, 4) is 11.5 Å². The number of rotatable bonds is 10. The minimum atomic E-state index is -0.553. The van der Waals surface area contributed by atoms with Crippen LogP contribution in [0.4, 0.5) is 4.39 Å². The first-order valence-electron chi connectivity index (χ1n) is 12.3. The number of benzene rings is 3. The van der Waals surface area contributed by atoms with Gasteiger partial charge in [-0.15, -0.1) is 0 Å². The standard InChI is InChI=1S/C29H29ClFN3O5/c1-37-14-13-33(29(36)19-7-6-8-20(31)15-19)18-28(35)34-26(23-16-21(38-2)11-12-27(23)39-3)17-25(32-34)22-9-4-5-10-24(22)30/h4-12,15-16,26H,13-14,17-18H2,1-3H3/t26-/m1/s1. The zero-order chi connectivity index (χ0) is 27.9. The van der Waals surface area contributed by atoms with E-state index in [0.717, 1.165) is 6.07 Å². The van der Waals surface area contributed by atoms with Gasteiger partial charge in [-0.2, -0.15) is 5.10 Å². The Morgan fingerprint density at radius 2 is 1.85 bits per heavy atom. The summed E-state index contributed by atoms with van der Waals surface area (Å²) < 4.78 is 30.0. The predicted octanol–water partition coefficient (Wildman–Crippen LogP) is 4.96. The van der Waals surface area contributed by atoms with E-state index in [1.165, 1.54) is 35.2 Å². The molecule has 8 nitrogen and oxygen atoms in total. The molecule has 0 aromatic heterocycles. The fourth-order valence-corrected chi connectivity index (χ4v) is 4.68. The highest BCUT2D eigenvalue weighted by Crippen LogP contribution is 2.40. The van der Waals surface area contributed by atoms with E-state index in [0.29, 0.717) is 39.8 Å². The highest BCUT2D eigenvalue weighted by molar-refractivity contribution is 6.34. The number of methoxy groups -OCH3 is 3. The van der Waals surface area contributed by atoms with E-state index in [-0.39, 0.29) is 25.3 Å². The van der Waals surface area contributed by atoms with E-state index in [4.69, 9.17) is 25.8 Å². The number of amides is 2. The Balaban J connectivity index is 1.71. The highest BCUT2D eigenvalue weighted by Gasteiger charge is 2.36. The van der Waals surface area contributed by atoms with Gasteiger partial charge < -0.3 is 19.1 Å². The summed E-state index contributed by atoms with van der Waals surface area (Å²) in [4.78, 5) is 28.4. The molecule has 204 valence electrons. The maximum atomic E-state index is 13.8. The highest BCUT2D eigenvalue weighted by atomic mass is 35.5. The smallest absolute Gasteiger partial charge is 0.262 e. The van der Waals surface area contributed by atoms with E-state index in [2.05, 4.69) is 5.10 Å². The van der Waals surface area contributed by atoms with Crippen molar-refractivity contribution in [3.05, 3.63) is 94.3 Å². The first kappa shape index (κ1) is 28.1. The van der Waals surface area contributed by atoms with Crippen LogP contribution >= 0.6 is 11.6 Å². The monoisotopic (exact) mass is 553 g/mol. The summed E-state index contributed by atoms with van der Waals surface area (Å²) >= 11 is 6.47. The fourth-order valence-electron chi connectivity index (χ4n) is 4.43. The number of nitrogens with zero attached hydrogens (tertiary/aromatic N) is 3. The molecule has 1 aliphatic rings. The van der Waals surface area contributed by atoms with Gasteiger partial charge in [0.25, 0.3) is 11.8 Å². The second-order valence-electron chi connectivity index (χ2n) is 8.82. The maximum Gasteiger partial charge on any atom is 0.262 e. The van der Waals surface area contributed by atoms with E-state index in [9.17, 15) is 14.0 Å². The molecule has 0 saturated heterocycles. The molecule has 3 aromatic carbocycles. The number of ether oxygens (including phenoxy) is 3. The summed E-state index contributed by atoms with van der Waals surface area (Å²) in [6.07, 6.45) is 0.356. The minimum Gasteiger partial charge on any atom is -0.497 e. The average molecular weight is 554 g/mol. The molecule has 0 bridgehead atoms. The lowest BCUT2D eigenvalue weighted by Gasteiger charge is -2.28. The van der Waals surface area contributed by atoms with Crippen LogP contribution in [0.5, 0.6) is 11.5 Å². The summed E-state index contributed by atoms with van der Waals surface area (Å²) in [5.74, 6) is -0.330. The Morgan fingerprint density at radius 3 is 2.54 bits per heavy atom. The lowest BCUT2D eigenvalue weighted by molar-refractivity contribution is -0.133. The van der Waals surface area contributed by atoms with Crippen LogP contribution < -0.4 is 9.47 Å². The van der Waals surface area contributed by atoms with Crippen molar-refractivity contribution in [3.63, 3.8) is 0 Å². The average Bonchev–Trinajstić information content (AvgIpc) is 3.40. The Hall–Kier alpha value is -3.95. The van der Waals surface area contributed by atoms with Crippen LogP contribution in [0, 0.1) is 5.82 Å². The third-order valence-electron chi connectivity index (χ3n) is 6.40. The molecule has 0 fully saturated rings. The number of carbonyl (C=O) groups is 2. The first-order chi connectivity index (χ1) is 18.9. The molecule has 2 amide bonds. The van der Waals surface area contributed by atoms with Crippen LogP contribution in [0.15, 0.2) is 71.8 Å². The van der Waals surface area contributed by atoms with Gasteiger partial charge in [-0.05, 0) is 42.5 Å². The van der Waals surface area contributed by atoms with Gasteiger partial charge in [0.1, 0.15) is 23.9 Å². The van der Waals surface area contributed by atoms with E-state index in [1.54, 1.807) is 38.5 Å². The molecule has 1 aliphatic heterocycles. The molecule has 1 heterocycles. The zero-order valence-corrected chi connectivity index (χ0v) is 22.7. The van der Waals surface area contributed by atoms with Gasteiger partial charge in [0.2, 0.25) is 0 Å². The van der Waals surface area contributed by atoms with Crippen LogP contribution in [0.3, 0.4) is 0 Å². The molecule has 1 atom stereocenters. The van der Waals surface area contributed by atoms with Gasteiger partial charge in [0.15, 0.2) is 0 Å². The van der Waals surface area contributed by atoms with Crippen molar-refractivity contribution in [2.75, 3.05) is 41.0 Å². The van der Waals surface area contributed by atoms with Crippen LogP contribution in [0.25, 0.3) is 0 Å². The van der Waals surface area contributed by atoms with E-state index >= 15 is 0 Å². The second-order valence-corrected chi connectivity index (χ2v) is 9.23. The number of hydrazone groups is 1. The number of carbonyl (C=O) groups excluding carboxylic acids is 2. The van der Waals surface area contributed by atoms with Crippen molar-refractivity contribution in [1.82, 2.24) is 9.91 Å². The number of hydrogen-bond donors (Lipinski definition) is 0. The molecular weight excluding hydrogens is 525 g/mol. The third kappa shape index (κ3) is 6.38. The van der Waals surface area contributed by atoms with Crippen molar-refractivity contribution < 1.29 is 28.2 Å². The Bertz CT molecular complexity index is 1380. The molecule has 0 aliphatic carbocycles. The summed E-state index contributed by atoms with van der Waals surface area (Å²) in [5.41, 5.74) is 2.14. The predicted molar refractivity (Wildman–Crippen MR) is 146 cm³/mol.